The molecule has 112 valence electrons. The highest BCUT2D eigenvalue weighted by molar-refractivity contribution is 5.25. The zero-order valence-electron chi connectivity index (χ0n) is 12.5. The van der Waals surface area contributed by atoms with Crippen LogP contribution in [0.15, 0.2) is 42.7 Å². The van der Waals surface area contributed by atoms with Crippen molar-refractivity contribution in [2.45, 2.75) is 27.0 Å². The van der Waals surface area contributed by atoms with E-state index < -0.39 is 0 Å². The minimum absolute atomic E-state index is 0.204. The van der Waals surface area contributed by atoms with Crippen LogP contribution in [-0.4, -0.2) is 11.5 Å². The van der Waals surface area contributed by atoms with Crippen molar-refractivity contribution in [2.75, 3.05) is 6.54 Å². The summed E-state index contributed by atoms with van der Waals surface area (Å²) in [6.07, 6.45) is 3.29. The molecule has 0 spiro atoms. The zero-order chi connectivity index (χ0) is 15.1. The van der Waals surface area contributed by atoms with E-state index in [-0.39, 0.29) is 12.4 Å². The van der Waals surface area contributed by atoms with Crippen molar-refractivity contribution in [3.8, 4) is 5.75 Å². The van der Waals surface area contributed by atoms with Crippen LogP contribution in [-0.2, 0) is 13.2 Å². The van der Waals surface area contributed by atoms with E-state index in [4.69, 9.17) is 4.74 Å². The number of ether oxygens (including phenoxy) is 1. The van der Waals surface area contributed by atoms with Crippen LogP contribution in [0.1, 0.15) is 25.0 Å². The highest BCUT2D eigenvalue weighted by Gasteiger charge is 2.05. The Balaban J connectivity index is 1.95. The molecule has 0 aliphatic heterocycles. The molecule has 0 bridgehead atoms. The summed E-state index contributed by atoms with van der Waals surface area (Å²) in [6.45, 7) is 6.20. The summed E-state index contributed by atoms with van der Waals surface area (Å²) in [6, 6.07) is 8.74. The molecule has 1 heterocycles. The molecular weight excluding hydrogens is 267 g/mol. The second-order valence-electron chi connectivity index (χ2n) is 5.43. The summed E-state index contributed by atoms with van der Waals surface area (Å²) in [4.78, 5) is 3.97. The van der Waals surface area contributed by atoms with Crippen LogP contribution in [0, 0.1) is 11.7 Å². The summed E-state index contributed by atoms with van der Waals surface area (Å²) in [5.74, 6) is 0.991. The van der Waals surface area contributed by atoms with Gasteiger partial charge < -0.3 is 10.1 Å². The quantitative estimate of drug-likeness (QED) is 0.846. The summed E-state index contributed by atoms with van der Waals surface area (Å²) >= 11 is 0. The maximum absolute atomic E-state index is 13.8. The molecule has 1 aromatic heterocycles. The lowest BCUT2D eigenvalue weighted by Gasteiger charge is -2.10. The minimum atomic E-state index is -0.244. The lowest BCUT2D eigenvalue weighted by molar-refractivity contribution is 0.298. The van der Waals surface area contributed by atoms with E-state index in [1.54, 1.807) is 30.6 Å². The summed E-state index contributed by atoms with van der Waals surface area (Å²) in [5.41, 5.74) is 1.62. The fraction of sp³-hybridized carbons (Fsp3) is 0.353. The maximum atomic E-state index is 13.8. The molecule has 1 aromatic carbocycles. The molecule has 2 rings (SSSR count). The van der Waals surface area contributed by atoms with Gasteiger partial charge in [-0.1, -0.05) is 19.9 Å². The van der Waals surface area contributed by atoms with Gasteiger partial charge in [-0.25, -0.2) is 4.39 Å². The molecular formula is C17H21FN2O. The van der Waals surface area contributed by atoms with Gasteiger partial charge in [0.25, 0.3) is 0 Å². The van der Waals surface area contributed by atoms with Gasteiger partial charge in [0, 0.05) is 18.3 Å². The molecule has 21 heavy (non-hydrogen) atoms. The molecule has 0 aliphatic carbocycles. The molecule has 0 atom stereocenters. The smallest absolute Gasteiger partial charge is 0.138 e. The average molecular weight is 288 g/mol. The van der Waals surface area contributed by atoms with Crippen LogP contribution in [0.25, 0.3) is 0 Å². The number of hydrogen-bond donors (Lipinski definition) is 1. The number of halogens is 1. The van der Waals surface area contributed by atoms with Gasteiger partial charge in [0.2, 0.25) is 0 Å². The molecule has 0 amide bonds. The van der Waals surface area contributed by atoms with Gasteiger partial charge in [0.15, 0.2) is 0 Å². The van der Waals surface area contributed by atoms with E-state index in [0.717, 1.165) is 18.7 Å². The van der Waals surface area contributed by atoms with E-state index >= 15 is 0 Å². The monoisotopic (exact) mass is 288 g/mol. The number of nitrogens with zero attached hydrogens (tertiary/aromatic N) is 1. The Hall–Kier alpha value is -1.94. The standard InChI is InChI=1S/C17H21FN2O/c1-13(2)9-20-10-14-5-6-17(18)15(8-14)12-21-16-4-3-7-19-11-16/h3-8,11,13,20H,9-10,12H2,1-2H3. The zero-order valence-corrected chi connectivity index (χ0v) is 12.5. The first-order chi connectivity index (χ1) is 10.1. The van der Waals surface area contributed by atoms with Crippen LogP contribution in [0.3, 0.4) is 0 Å². The molecule has 0 saturated heterocycles. The first-order valence-electron chi connectivity index (χ1n) is 7.16. The molecule has 2 aromatic rings. The van der Waals surface area contributed by atoms with Crippen LogP contribution < -0.4 is 10.1 Å². The van der Waals surface area contributed by atoms with Crippen molar-refractivity contribution in [1.82, 2.24) is 10.3 Å². The summed E-state index contributed by atoms with van der Waals surface area (Å²) in [7, 11) is 0. The highest BCUT2D eigenvalue weighted by atomic mass is 19.1. The molecule has 0 radical (unpaired) electrons. The Bertz CT molecular complexity index is 558. The number of pyridine rings is 1. The number of rotatable bonds is 7. The van der Waals surface area contributed by atoms with Gasteiger partial charge in [-0.2, -0.15) is 0 Å². The average Bonchev–Trinajstić information content (AvgIpc) is 2.48. The predicted molar refractivity (Wildman–Crippen MR) is 81.5 cm³/mol. The molecule has 0 unspecified atom stereocenters. The van der Waals surface area contributed by atoms with E-state index in [1.165, 1.54) is 6.07 Å². The molecule has 0 fully saturated rings. The van der Waals surface area contributed by atoms with Crippen molar-refractivity contribution < 1.29 is 9.13 Å². The number of benzene rings is 1. The van der Waals surface area contributed by atoms with Crippen molar-refractivity contribution in [1.29, 1.82) is 0 Å². The van der Waals surface area contributed by atoms with Crippen LogP contribution in [0.2, 0.25) is 0 Å². The lowest BCUT2D eigenvalue weighted by Crippen LogP contribution is -2.19. The second-order valence-corrected chi connectivity index (χ2v) is 5.43. The maximum Gasteiger partial charge on any atom is 0.138 e. The summed E-state index contributed by atoms with van der Waals surface area (Å²) < 4.78 is 19.4. The second kappa shape index (κ2) is 7.74. The largest absolute Gasteiger partial charge is 0.487 e. The van der Waals surface area contributed by atoms with Gasteiger partial charge in [-0.05, 0) is 42.3 Å². The minimum Gasteiger partial charge on any atom is -0.487 e. The molecule has 3 nitrogen and oxygen atoms in total. The van der Waals surface area contributed by atoms with Gasteiger partial charge >= 0.3 is 0 Å². The fourth-order valence-corrected chi connectivity index (χ4v) is 1.95. The van der Waals surface area contributed by atoms with Crippen molar-refractivity contribution in [2.24, 2.45) is 5.92 Å². The third-order valence-electron chi connectivity index (χ3n) is 3.02. The van der Waals surface area contributed by atoms with Gasteiger partial charge in [0.1, 0.15) is 18.2 Å². The Labute approximate surface area is 125 Å². The van der Waals surface area contributed by atoms with E-state index in [1.807, 2.05) is 6.07 Å². The molecule has 0 saturated carbocycles. The van der Waals surface area contributed by atoms with Crippen molar-refractivity contribution in [3.63, 3.8) is 0 Å². The number of aromatic nitrogens is 1. The van der Waals surface area contributed by atoms with Crippen LogP contribution >= 0.6 is 0 Å². The SMILES string of the molecule is CC(C)CNCc1ccc(F)c(COc2cccnc2)c1. The Morgan fingerprint density at radius 1 is 1.29 bits per heavy atom. The van der Waals surface area contributed by atoms with Crippen LogP contribution in [0.4, 0.5) is 4.39 Å². The van der Waals surface area contributed by atoms with Gasteiger partial charge in [-0.3, -0.25) is 4.98 Å². The highest BCUT2D eigenvalue weighted by Crippen LogP contribution is 2.15. The first-order valence-corrected chi connectivity index (χ1v) is 7.16. The van der Waals surface area contributed by atoms with E-state index in [2.05, 4.69) is 24.1 Å². The number of hydrogen-bond acceptors (Lipinski definition) is 3. The first kappa shape index (κ1) is 15.4. The van der Waals surface area contributed by atoms with Gasteiger partial charge in [-0.15, -0.1) is 0 Å². The van der Waals surface area contributed by atoms with Gasteiger partial charge in [0.05, 0.1) is 6.20 Å². The molecule has 1 N–H and O–H groups in total. The topological polar surface area (TPSA) is 34.1 Å². The van der Waals surface area contributed by atoms with Crippen molar-refractivity contribution >= 4 is 0 Å². The van der Waals surface area contributed by atoms with Crippen molar-refractivity contribution in [3.05, 3.63) is 59.7 Å². The lowest BCUT2D eigenvalue weighted by atomic mass is 10.1. The fourth-order valence-electron chi connectivity index (χ4n) is 1.95. The Kier molecular flexibility index (Phi) is 5.69. The number of nitrogens with one attached hydrogen (secondary N) is 1. The summed E-state index contributed by atoms with van der Waals surface area (Å²) in [5, 5.41) is 3.35. The third kappa shape index (κ3) is 5.16. The normalized spacial score (nSPS) is 10.9. The predicted octanol–water partition coefficient (Wildman–Crippen LogP) is 3.55. The molecule has 0 aliphatic rings. The van der Waals surface area contributed by atoms with E-state index in [9.17, 15) is 4.39 Å². The van der Waals surface area contributed by atoms with Crippen LogP contribution in [0.5, 0.6) is 5.75 Å². The third-order valence-corrected chi connectivity index (χ3v) is 3.02. The van der Waals surface area contributed by atoms with E-state index in [0.29, 0.717) is 17.2 Å². The Morgan fingerprint density at radius 2 is 2.14 bits per heavy atom. The molecule has 4 heteroatoms. The Morgan fingerprint density at radius 3 is 2.86 bits per heavy atom.